The summed E-state index contributed by atoms with van der Waals surface area (Å²) in [6.45, 7) is 2.07. The van der Waals surface area contributed by atoms with Gasteiger partial charge in [0.1, 0.15) is 17.9 Å². The number of nitrogens with one attached hydrogen (secondary N) is 1. The van der Waals surface area contributed by atoms with Gasteiger partial charge in [-0.1, -0.05) is 38.0 Å². The summed E-state index contributed by atoms with van der Waals surface area (Å²) in [6.07, 6.45) is 1.91. The number of unbranched alkanes of at least 4 members (excludes halogenated alkanes) is 1. The van der Waals surface area contributed by atoms with E-state index in [0.29, 0.717) is 24.9 Å². The molecule has 0 spiro atoms. The number of hydrogen-bond donors (Lipinski definition) is 1. The number of hydrogen-bond acceptors (Lipinski definition) is 4. The second kappa shape index (κ2) is 8.73. The number of carbonyl (C=O) groups excluding carboxylic acids is 3. The molecule has 0 bridgehead atoms. The summed E-state index contributed by atoms with van der Waals surface area (Å²) in [5.41, 5.74) is -0.750. The minimum Gasteiger partial charge on any atom is -0.339 e. The van der Waals surface area contributed by atoms with Crippen LogP contribution in [-0.4, -0.2) is 41.2 Å². The number of carbonyl (C=O) groups is 3. The smallest absolute Gasteiger partial charge is 0.325 e. The molecule has 2 heterocycles. The number of amides is 4. The Labute approximate surface area is 173 Å². The maximum Gasteiger partial charge on any atom is 0.325 e. The second-order valence-corrected chi connectivity index (χ2v) is 8.20. The quantitative estimate of drug-likeness (QED) is 0.669. The van der Waals surface area contributed by atoms with Gasteiger partial charge in [-0.2, -0.15) is 0 Å². The molecule has 1 aromatic carbocycles. The number of halogens is 1. The van der Waals surface area contributed by atoms with Crippen LogP contribution >= 0.6 is 11.3 Å². The highest BCUT2D eigenvalue weighted by Gasteiger charge is 2.52. The first kappa shape index (κ1) is 21.0. The molecule has 0 saturated carbocycles. The molecule has 8 heteroatoms. The third kappa shape index (κ3) is 4.32. The molecule has 2 aromatic rings. The van der Waals surface area contributed by atoms with E-state index in [4.69, 9.17) is 0 Å². The van der Waals surface area contributed by atoms with Crippen molar-refractivity contribution in [2.24, 2.45) is 0 Å². The Balaban J connectivity index is 1.80. The van der Waals surface area contributed by atoms with E-state index in [2.05, 4.69) is 5.32 Å². The van der Waals surface area contributed by atoms with Crippen LogP contribution in [0.15, 0.2) is 41.8 Å². The summed E-state index contributed by atoms with van der Waals surface area (Å²) in [7, 11) is 1.64. The Morgan fingerprint density at radius 2 is 1.97 bits per heavy atom. The zero-order valence-electron chi connectivity index (χ0n) is 16.5. The van der Waals surface area contributed by atoms with Gasteiger partial charge in [-0.15, -0.1) is 11.3 Å². The zero-order chi connectivity index (χ0) is 21.0. The van der Waals surface area contributed by atoms with Crippen molar-refractivity contribution in [3.63, 3.8) is 0 Å². The summed E-state index contributed by atoms with van der Waals surface area (Å²) in [5, 5.41) is 4.70. The lowest BCUT2D eigenvalue weighted by molar-refractivity contribution is -0.139. The standard InChI is InChI=1S/C21H24FN3O3S/c1-3-4-11-21(15-7-9-16(22)10-8-15)19(27)25(20(28)23-21)14-18(26)24(2)13-17-6-5-12-29-17/h5-10,12H,3-4,11,13-14H2,1-2H3,(H,23,28)/t21-/m0/s1. The topological polar surface area (TPSA) is 69.7 Å². The molecule has 1 N–H and O–H groups in total. The van der Waals surface area contributed by atoms with Crippen LogP contribution in [0, 0.1) is 5.82 Å². The van der Waals surface area contributed by atoms with Crippen molar-refractivity contribution in [3.8, 4) is 0 Å². The van der Waals surface area contributed by atoms with E-state index in [0.717, 1.165) is 16.2 Å². The number of rotatable bonds is 8. The third-order valence-corrected chi connectivity index (χ3v) is 5.97. The van der Waals surface area contributed by atoms with Gasteiger partial charge < -0.3 is 10.2 Å². The van der Waals surface area contributed by atoms with Gasteiger partial charge in [-0.05, 0) is 35.6 Å². The molecular weight excluding hydrogens is 393 g/mol. The summed E-state index contributed by atoms with van der Waals surface area (Å²) in [6, 6.07) is 8.78. The number of nitrogens with zero attached hydrogens (tertiary/aromatic N) is 2. The Morgan fingerprint density at radius 1 is 1.24 bits per heavy atom. The van der Waals surface area contributed by atoms with E-state index < -0.39 is 23.3 Å². The van der Waals surface area contributed by atoms with E-state index in [1.54, 1.807) is 7.05 Å². The van der Waals surface area contributed by atoms with Crippen molar-refractivity contribution in [1.82, 2.24) is 15.1 Å². The van der Waals surface area contributed by atoms with Crippen LogP contribution in [0.3, 0.4) is 0 Å². The van der Waals surface area contributed by atoms with E-state index in [-0.39, 0.29) is 12.5 Å². The number of urea groups is 1. The summed E-state index contributed by atoms with van der Waals surface area (Å²) in [5.74, 6) is -1.22. The predicted molar refractivity (Wildman–Crippen MR) is 109 cm³/mol. The van der Waals surface area contributed by atoms with Crippen molar-refractivity contribution in [1.29, 1.82) is 0 Å². The van der Waals surface area contributed by atoms with Crippen LogP contribution in [0.5, 0.6) is 0 Å². The monoisotopic (exact) mass is 417 g/mol. The Kier molecular flexibility index (Phi) is 6.32. The summed E-state index contributed by atoms with van der Waals surface area (Å²) >= 11 is 1.54. The molecule has 0 unspecified atom stereocenters. The summed E-state index contributed by atoms with van der Waals surface area (Å²) < 4.78 is 13.4. The highest BCUT2D eigenvalue weighted by Crippen LogP contribution is 2.34. The van der Waals surface area contributed by atoms with Gasteiger partial charge in [-0.25, -0.2) is 9.18 Å². The van der Waals surface area contributed by atoms with Crippen molar-refractivity contribution < 1.29 is 18.8 Å². The number of thiophene rings is 1. The van der Waals surface area contributed by atoms with Crippen molar-refractivity contribution in [2.75, 3.05) is 13.6 Å². The van der Waals surface area contributed by atoms with Gasteiger partial charge in [-0.3, -0.25) is 14.5 Å². The fourth-order valence-corrected chi connectivity index (χ4v) is 4.19. The van der Waals surface area contributed by atoms with E-state index in [9.17, 15) is 18.8 Å². The van der Waals surface area contributed by atoms with E-state index >= 15 is 0 Å². The molecule has 1 aliphatic heterocycles. The van der Waals surface area contributed by atoms with Crippen molar-refractivity contribution in [3.05, 3.63) is 58.0 Å². The van der Waals surface area contributed by atoms with Crippen LogP contribution in [0.2, 0.25) is 0 Å². The maximum atomic E-state index is 13.4. The van der Waals surface area contributed by atoms with Gasteiger partial charge in [0.15, 0.2) is 0 Å². The van der Waals surface area contributed by atoms with Gasteiger partial charge >= 0.3 is 6.03 Å². The lowest BCUT2D eigenvalue weighted by Crippen LogP contribution is -2.45. The van der Waals surface area contributed by atoms with E-state index in [1.165, 1.54) is 40.5 Å². The molecular formula is C21H24FN3O3S. The first-order chi connectivity index (χ1) is 13.9. The lowest BCUT2D eigenvalue weighted by atomic mass is 9.85. The molecule has 0 aliphatic carbocycles. The Hall–Kier alpha value is -2.74. The Bertz CT molecular complexity index is 885. The lowest BCUT2D eigenvalue weighted by Gasteiger charge is -2.27. The van der Waals surface area contributed by atoms with Crippen molar-refractivity contribution in [2.45, 2.75) is 38.3 Å². The highest BCUT2D eigenvalue weighted by atomic mass is 32.1. The molecule has 3 rings (SSSR count). The molecule has 154 valence electrons. The summed E-state index contributed by atoms with van der Waals surface area (Å²) in [4.78, 5) is 42.0. The molecule has 29 heavy (non-hydrogen) atoms. The molecule has 1 aliphatic rings. The first-order valence-corrected chi connectivity index (χ1v) is 10.4. The third-order valence-electron chi connectivity index (χ3n) is 5.11. The van der Waals surface area contributed by atoms with Gasteiger partial charge in [0.25, 0.3) is 5.91 Å². The SMILES string of the molecule is CCCC[C@@]1(c2ccc(F)cc2)NC(=O)N(CC(=O)N(C)Cc2cccs2)C1=O. The van der Waals surface area contributed by atoms with Crippen LogP contribution < -0.4 is 5.32 Å². The first-order valence-electron chi connectivity index (χ1n) is 9.54. The molecule has 1 atom stereocenters. The van der Waals surface area contributed by atoms with Gasteiger partial charge in [0.2, 0.25) is 5.91 Å². The predicted octanol–water partition coefficient (Wildman–Crippen LogP) is 3.48. The Morgan fingerprint density at radius 3 is 2.59 bits per heavy atom. The van der Waals surface area contributed by atoms with Crippen molar-refractivity contribution >= 4 is 29.2 Å². The minimum atomic E-state index is -1.27. The van der Waals surface area contributed by atoms with Gasteiger partial charge in [0.05, 0.1) is 6.54 Å². The fourth-order valence-electron chi connectivity index (χ4n) is 3.44. The average molecular weight is 418 g/mol. The average Bonchev–Trinajstić information content (AvgIpc) is 3.29. The van der Waals surface area contributed by atoms with Crippen LogP contribution in [0.1, 0.15) is 36.6 Å². The van der Waals surface area contributed by atoms with Crippen LogP contribution in [-0.2, 0) is 21.7 Å². The van der Waals surface area contributed by atoms with Crippen LogP contribution in [0.25, 0.3) is 0 Å². The minimum absolute atomic E-state index is 0.327. The molecule has 6 nitrogen and oxygen atoms in total. The number of imide groups is 1. The van der Waals surface area contributed by atoms with Crippen LogP contribution in [0.4, 0.5) is 9.18 Å². The molecule has 1 saturated heterocycles. The number of benzene rings is 1. The number of likely N-dealkylation sites (N-methyl/N-ethyl adjacent to an activating group) is 1. The fraction of sp³-hybridized carbons (Fsp3) is 0.381. The maximum absolute atomic E-state index is 13.4. The molecule has 4 amide bonds. The molecule has 1 aromatic heterocycles. The highest BCUT2D eigenvalue weighted by molar-refractivity contribution is 7.09. The van der Waals surface area contributed by atoms with Gasteiger partial charge in [0, 0.05) is 11.9 Å². The zero-order valence-corrected chi connectivity index (χ0v) is 17.3. The van der Waals surface area contributed by atoms with E-state index in [1.807, 2.05) is 24.4 Å². The molecule has 1 fully saturated rings. The largest absolute Gasteiger partial charge is 0.339 e. The molecule has 0 radical (unpaired) electrons. The second-order valence-electron chi connectivity index (χ2n) is 7.17. The normalized spacial score (nSPS) is 18.8.